The van der Waals surface area contributed by atoms with Gasteiger partial charge >= 0.3 is 12.0 Å². The second-order valence-corrected chi connectivity index (χ2v) is 6.11. The number of benzene rings is 2. The minimum absolute atomic E-state index is 0.130. The molecule has 25 heavy (non-hydrogen) atoms. The number of esters is 1. The molecule has 2 aromatic rings. The van der Waals surface area contributed by atoms with Crippen molar-refractivity contribution in [3.8, 4) is 0 Å². The third-order valence-corrected chi connectivity index (χ3v) is 3.91. The highest BCUT2D eigenvalue weighted by Gasteiger charge is 2.16. The number of hydrogen-bond acceptors (Lipinski definition) is 3. The van der Waals surface area contributed by atoms with E-state index in [0.29, 0.717) is 17.3 Å². The van der Waals surface area contributed by atoms with Crippen LogP contribution >= 0.6 is 11.6 Å². The zero-order valence-corrected chi connectivity index (χ0v) is 15.0. The fraction of sp³-hybridized carbons (Fsp3) is 0.263. The van der Waals surface area contributed by atoms with Crippen molar-refractivity contribution in [3.63, 3.8) is 0 Å². The second kappa shape index (κ2) is 9.08. The molecule has 0 atom stereocenters. The fourth-order valence-electron chi connectivity index (χ4n) is 2.26. The van der Waals surface area contributed by atoms with Crippen molar-refractivity contribution in [2.24, 2.45) is 0 Å². The van der Waals surface area contributed by atoms with E-state index in [4.69, 9.17) is 11.6 Å². The molecule has 0 radical (unpaired) electrons. The number of halogens is 1. The maximum Gasteiger partial charge on any atom is 0.322 e. The lowest BCUT2D eigenvalue weighted by Crippen LogP contribution is -2.36. The van der Waals surface area contributed by atoms with E-state index >= 15 is 0 Å². The topological polar surface area (TPSA) is 58.6 Å². The third-order valence-electron chi connectivity index (χ3n) is 3.67. The molecule has 0 spiro atoms. The van der Waals surface area contributed by atoms with E-state index in [-0.39, 0.29) is 25.0 Å². The minimum Gasteiger partial charge on any atom is -0.469 e. The molecule has 5 nitrogen and oxygen atoms in total. The van der Waals surface area contributed by atoms with Crippen LogP contribution in [0, 0.1) is 6.92 Å². The number of hydrogen-bond donors (Lipinski definition) is 1. The molecule has 0 aliphatic heterocycles. The van der Waals surface area contributed by atoms with Gasteiger partial charge in [-0.3, -0.25) is 4.79 Å². The summed E-state index contributed by atoms with van der Waals surface area (Å²) in [5.74, 6) is -0.357. The molecule has 0 aromatic heterocycles. The van der Waals surface area contributed by atoms with Crippen LogP contribution in [0.3, 0.4) is 0 Å². The predicted molar refractivity (Wildman–Crippen MR) is 98.7 cm³/mol. The number of rotatable bonds is 6. The highest BCUT2D eigenvalue weighted by molar-refractivity contribution is 6.30. The van der Waals surface area contributed by atoms with Crippen LogP contribution in [0.25, 0.3) is 0 Å². The fourth-order valence-corrected chi connectivity index (χ4v) is 2.45. The van der Waals surface area contributed by atoms with Crippen LogP contribution in [-0.4, -0.2) is 30.6 Å². The minimum atomic E-state index is -0.357. The molecule has 0 aliphatic rings. The van der Waals surface area contributed by atoms with Gasteiger partial charge in [0.15, 0.2) is 0 Å². The highest BCUT2D eigenvalue weighted by Crippen LogP contribution is 2.16. The number of urea groups is 1. The van der Waals surface area contributed by atoms with Crippen molar-refractivity contribution < 1.29 is 14.3 Å². The number of nitrogens with one attached hydrogen (secondary N) is 1. The number of anilines is 1. The summed E-state index contributed by atoms with van der Waals surface area (Å²) in [7, 11) is 1.33. The van der Waals surface area contributed by atoms with Gasteiger partial charge in [0.05, 0.1) is 13.5 Å². The Labute approximate surface area is 152 Å². The smallest absolute Gasteiger partial charge is 0.322 e. The third kappa shape index (κ3) is 6.12. The van der Waals surface area contributed by atoms with E-state index < -0.39 is 0 Å². The monoisotopic (exact) mass is 360 g/mol. The molecule has 0 heterocycles. The summed E-state index contributed by atoms with van der Waals surface area (Å²) < 4.78 is 4.67. The lowest BCUT2D eigenvalue weighted by atomic mass is 10.1. The molecule has 132 valence electrons. The average molecular weight is 361 g/mol. The lowest BCUT2D eigenvalue weighted by molar-refractivity contribution is -0.140. The normalized spacial score (nSPS) is 10.2. The Hall–Kier alpha value is -2.53. The molecule has 0 bridgehead atoms. The van der Waals surface area contributed by atoms with Crippen molar-refractivity contribution in [3.05, 3.63) is 64.7 Å². The van der Waals surface area contributed by atoms with Crippen molar-refractivity contribution in [2.45, 2.75) is 19.9 Å². The average Bonchev–Trinajstić information content (AvgIpc) is 2.59. The maximum atomic E-state index is 12.6. The standard InChI is InChI=1S/C19H21ClN2O3/c1-14-6-8-15(9-7-14)13-22(11-10-18(23)25-2)19(24)21-17-5-3-4-16(20)12-17/h3-9,12H,10-11,13H2,1-2H3,(H,21,24). The highest BCUT2D eigenvalue weighted by atomic mass is 35.5. The van der Waals surface area contributed by atoms with E-state index in [0.717, 1.165) is 11.1 Å². The van der Waals surface area contributed by atoms with Gasteiger partial charge in [-0.05, 0) is 30.7 Å². The molecule has 0 unspecified atom stereocenters. The first-order valence-corrected chi connectivity index (χ1v) is 8.29. The Balaban J connectivity index is 2.10. The number of amides is 2. The maximum absolute atomic E-state index is 12.6. The molecular weight excluding hydrogens is 340 g/mol. The van der Waals surface area contributed by atoms with E-state index in [1.165, 1.54) is 7.11 Å². The van der Waals surface area contributed by atoms with Crippen LogP contribution < -0.4 is 5.32 Å². The molecule has 2 amide bonds. The van der Waals surface area contributed by atoms with Gasteiger partial charge in [0.1, 0.15) is 0 Å². The van der Waals surface area contributed by atoms with Crippen molar-refractivity contribution in [1.29, 1.82) is 0 Å². The second-order valence-electron chi connectivity index (χ2n) is 5.67. The van der Waals surface area contributed by atoms with Crippen molar-refractivity contribution in [2.75, 3.05) is 19.0 Å². The molecule has 2 aromatic carbocycles. The summed E-state index contributed by atoms with van der Waals surface area (Å²) >= 11 is 5.95. The van der Waals surface area contributed by atoms with Gasteiger partial charge in [-0.1, -0.05) is 47.5 Å². The Bertz CT molecular complexity index is 732. The van der Waals surface area contributed by atoms with Crippen LogP contribution in [-0.2, 0) is 16.1 Å². The number of ether oxygens (including phenoxy) is 1. The first-order valence-electron chi connectivity index (χ1n) is 7.92. The lowest BCUT2D eigenvalue weighted by Gasteiger charge is -2.23. The van der Waals surface area contributed by atoms with E-state index in [9.17, 15) is 9.59 Å². The summed E-state index contributed by atoms with van der Waals surface area (Å²) in [5, 5.41) is 3.35. The molecule has 0 aliphatic carbocycles. The molecule has 0 saturated carbocycles. The largest absolute Gasteiger partial charge is 0.469 e. The van der Waals surface area contributed by atoms with Crippen LogP contribution in [0.5, 0.6) is 0 Å². The Kier molecular flexibility index (Phi) is 6.83. The molecule has 2 rings (SSSR count). The SMILES string of the molecule is COC(=O)CCN(Cc1ccc(C)cc1)C(=O)Nc1cccc(Cl)c1. The van der Waals surface area contributed by atoms with Crippen molar-refractivity contribution in [1.82, 2.24) is 4.90 Å². The number of carbonyl (C=O) groups excluding carboxylic acids is 2. The predicted octanol–water partition coefficient (Wildman–Crippen LogP) is 4.25. The van der Waals surface area contributed by atoms with Gasteiger partial charge in [-0.2, -0.15) is 0 Å². The van der Waals surface area contributed by atoms with Gasteiger partial charge < -0.3 is 15.0 Å². The van der Waals surface area contributed by atoms with Gasteiger partial charge in [0.2, 0.25) is 0 Å². The quantitative estimate of drug-likeness (QED) is 0.783. The van der Waals surface area contributed by atoms with Gasteiger partial charge in [-0.15, -0.1) is 0 Å². The molecule has 0 saturated heterocycles. The molecular formula is C19H21ClN2O3. The first kappa shape index (κ1) is 18.8. The zero-order valence-electron chi connectivity index (χ0n) is 14.3. The summed E-state index contributed by atoms with van der Waals surface area (Å²) in [6.07, 6.45) is 0.130. The van der Waals surface area contributed by atoms with Gasteiger partial charge in [-0.25, -0.2) is 4.79 Å². The Morgan fingerprint density at radius 2 is 1.88 bits per heavy atom. The summed E-state index contributed by atoms with van der Waals surface area (Å²) in [6, 6.07) is 14.5. The summed E-state index contributed by atoms with van der Waals surface area (Å²) in [5.41, 5.74) is 2.73. The number of nitrogens with zero attached hydrogens (tertiary/aromatic N) is 1. The Morgan fingerprint density at radius 3 is 2.52 bits per heavy atom. The summed E-state index contributed by atoms with van der Waals surface area (Å²) in [4.78, 5) is 25.6. The van der Waals surface area contributed by atoms with E-state index in [1.807, 2.05) is 31.2 Å². The van der Waals surface area contributed by atoms with E-state index in [1.54, 1.807) is 29.2 Å². The van der Waals surface area contributed by atoms with Crippen LogP contribution in [0.15, 0.2) is 48.5 Å². The number of methoxy groups -OCH3 is 1. The van der Waals surface area contributed by atoms with Gasteiger partial charge in [0.25, 0.3) is 0 Å². The van der Waals surface area contributed by atoms with E-state index in [2.05, 4.69) is 10.1 Å². The van der Waals surface area contributed by atoms with Crippen LogP contribution in [0.4, 0.5) is 10.5 Å². The summed E-state index contributed by atoms with van der Waals surface area (Å²) in [6.45, 7) is 2.65. The van der Waals surface area contributed by atoms with Crippen LogP contribution in [0.1, 0.15) is 17.5 Å². The number of carbonyl (C=O) groups is 2. The molecule has 0 fully saturated rings. The molecule has 6 heteroatoms. The first-order chi connectivity index (χ1) is 12.0. The number of aryl methyl sites for hydroxylation is 1. The molecule has 1 N–H and O–H groups in total. The Morgan fingerprint density at radius 1 is 1.16 bits per heavy atom. The zero-order chi connectivity index (χ0) is 18.2. The van der Waals surface area contributed by atoms with Crippen LogP contribution in [0.2, 0.25) is 5.02 Å². The van der Waals surface area contributed by atoms with Gasteiger partial charge in [0, 0.05) is 23.8 Å². The van der Waals surface area contributed by atoms with Crippen molar-refractivity contribution >= 4 is 29.3 Å².